The van der Waals surface area contributed by atoms with Crippen LogP contribution in [-0.4, -0.2) is 19.3 Å². The van der Waals surface area contributed by atoms with E-state index >= 15 is 0 Å². The van der Waals surface area contributed by atoms with E-state index in [-0.39, 0.29) is 16.8 Å². The number of hydrogen-bond donors (Lipinski definition) is 1. The SMILES string of the molecule is COC(=O)Nc1cc(OC2CCC(C)C2)c(Cl)cc1F. The molecule has 4 nitrogen and oxygen atoms in total. The molecule has 1 aliphatic carbocycles. The maximum Gasteiger partial charge on any atom is 0.411 e. The molecule has 0 aliphatic heterocycles. The quantitative estimate of drug-likeness (QED) is 0.909. The molecule has 2 atom stereocenters. The lowest BCUT2D eigenvalue weighted by atomic mass is 10.1. The molecule has 6 heteroatoms. The summed E-state index contributed by atoms with van der Waals surface area (Å²) >= 11 is 5.98. The molecule has 0 heterocycles. The predicted molar refractivity (Wildman–Crippen MR) is 74.9 cm³/mol. The summed E-state index contributed by atoms with van der Waals surface area (Å²) in [6, 6.07) is 2.51. The maximum atomic E-state index is 13.7. The van der Waals surface area contributed by atoms with Gasteiger partial charge in [0.25, 0.3) is 0 Å². The van der Waals surface area contributed by atoms with Gasteiger partial charge in [0, 0.05) is 6.07 Å². The molecule has 0 saturated heterocycles. The minimum atomic E-state index is -0.744. The number of hydrogen-bond acceptors (Lipinski definition) is 3. The smallest absolute Gasteiger partial charge is 0.411 e. The molecule has 1 aliphatic rings. The number of methoxy groups -OCH3 is 1. The monoisotopic (exact) mass is 301 g/mol. The lowest BCUT2D eigenvalue weighted by molar-refractivity contribution is 0.186. The van der Waals surface area contributed by atoms with Crippen molar-refractivity contribution >= 4 is 23.4 Å². The van der Waals surface area contributed by atoms with Gasteiger partial charge in [0.2, 0.25) is 0 Å². The Morgan fingerprint density at radius 1 is 1.45 bits per heavy atom. The van der Waals surface area contributed by atoms with Crippen LogP contribution >= 0.6 is 11.6 Å². The Balaban J connectivity index is 2.15. The summed E-state index contributed by atoms with van der Waals surface area (Å²) in [4.78, 5) is 11.1. The second-order valence-corrected chi connectivity index (χ2v) is 5.44. The van der Waals surface area contributed by atoms with E-state index in [1.54, 1.807) is 0 Å². The van der Waals surface area contributed by atoms with Crippen LogP contribution in [0.15, 0.2) is 12.1 Å². The molecule has 1 aromatic carbocycles. The van der Waals surface area contributed by atoms with Crippen molar-refractivity contribution in [2.24, 2.45) is 5.92 Å². The summed E-state index contributed by atoms with van der Waals surface area (Å²) in [5, 5.41) is 2.48. The van der Waals surface area contributed by atoms with Gasteiger partial charge in [-0.3, -0.25) is 5.32 Å². The van der Waals surface area contributed by atoms with Crippen LogP contribution in [0.5, 0.6) is 5.75 Å². The van der Waals surface area contributed by atoms with Crippen LogP contribution in [0.25, 0.3) is 0 Å². The number of nitrogens with one attached hydrogen (secondary N) is 1. The molecule has 0 radical (unpaired) electrons. The number of benzene rings is 1. The zero-order valence-corrected chi connectivity index (χ0v) is 12.2. The van der Waals surface area contributed by atoms with Gasteiger partial charge >= 0.3 is 6.09 Å². The summed E-state index contributed by atoms with van der Waals surface area (Å²) in [6.45, 7) is 2.17. The van der Waals surface area contributed by atoms with E-state index in [0.717, 1.165) is 25.3 Å². The van der Waals surface area contributed by atoms with Gasteiger partial charge in [0.15, 0.2) is 0 Å². The van der Waals surface area contributed by atoms with Gasteiger partial charge in [-0.05, 0) is 31.2 Å². The van der Waals surface area contributed by atoms with E-state index in [2.05, 4.69) is 17.0 Å². The van der Waals surface area contributed by atoms with Gasteiger partial charge in [-0.2, -0.15) is 0 Å². The van der Waals surface area contributed by atoms with Gasteiger partial charge in [0.05, 0.1) is 23.9 Å². The number of amides is 1. The summed E-state index contributed by atoms with van der Waals surface area (Å²) in [6.07, 6.45) is 2.35. The fourth-order valence-corrected chi connectivity index (χ4v) is 2.51. The summed E-state index contributed by atoms with van der Waals surface area (Å²) in [5.41, 5.74) is -0.0118. The van der Waals surface area contributed by atoms with Crippen molar-refractivity contribution in [3.8, 4) is 5.75 Å². The molecule has 0 bridgehead atoms. The predicted octanol–water partition coefficient (Wildman–Crippen LogP) is 4.22. The Kier molecular flexibility index (Phi) is 4.70. The summed E-state index contributed by atoms with van der Waals surface area (Å²) in [7, 11) is 1.21. The molecular weight excluding hydrogens is 285 g/mol. The van der Waals surface area contributed by atoms with E-state index < -0.39 is 11.9 Å². The number of carbonyl (C=O) groups excluding carboxylic acids is 1. The highest BCUT2D eigenvalue weighted by Crippen LogP contribution is 2.35. The molecule has 1 fully saturated rings. The van der Waals surface area contributed by atoms with Crippen LogP contribution in [0.3, 0.4) is 0 Å². The average Bonchev–Trinajstić information content (AvgIpc) is 2.80. The van der Waals surface area contributed by atoms with E-state index in [4.69, 9.17) is 16.3 Å². The van der Waals surface area contributed by atoms with Gasteiger partial charge in [-0.15, -0.1) is 0 Å². The van der Waals surface area contributed by atoms with Crippen molar-refractivity contribution in [2.45, 2.75) is 32.3 Å². The zero-order chi connectivity index (χ0) is 14.7. The van der Waals surface area contributed by atoms with Crippen molar-refractivity contribution in [3.05, 3.63) is 23.0 Å². The number of anilines is 1. The molecule has 0 spiro atoms. The van der Waals surface area contributed by atoms with Gasteiger partial charge in [0.1, 0.15) is 11.6 Å². The first-order valence-corrected chi connectivity index (χ1v) is 6.88. The molecule has 2 rings (SSSR count). The standard InChI is InChI=1S/C14H17ClFNO3/c1-8-3-4-9(5-8)20-13-7-12(17-14(18)19-2)11(16)6-10(13)15/h6-9H,3-5H2,1-2H3,(H,17,18). The summed E-state index contributed by atoms with van der Waals surface area (Å²) < 4.78 is 23.9. The third-order valence-corrected chi connectivity index (χ3v) is 3.68. The highest BCUT2D eigenvalue weighted by Gasteiger charge is 2.24. The fourth-order valence-electron chi connectivity index (χ4n) is 2.32. The molecule has 1 aromatic rings. The van der Waals surface area contributed by atoms with Crippen molar-refractivity contribution in [3.63, 3.8) is 0 Å². The number of ether oxygens (including phenoxy) is 2. The molecular formula is C14H17ClFNO3. The summed E-state index contributed by atoms with van der Waals surface area (Å²) in [5.74, 6) is 0.359. The van der Waals surface area contributed by atoms with Gasteiger partial charge < -0.3 is 9.47 Å². The Morgan fingerprint density at radius 2 is 2.20 bits per heavy atom. The third kappa shape index (κ3) is 3.54. The first-order valence-electron chi connectivity index (χ1n) is 6.50. The number of rotatable bonds is 3. The third-order valence-electron chi connectivity index (χ3n) is 3.38. The molecule has 2 unspecified atom stereocenters. The van der Waals surface area contributed by atoms with Gasteiger partial charge in [-0.1, -0.05) is 18.5 Å². The zero-order valence-electron chi connectivity index (χ0n) is 11.4. The van der Waals surface area contributed by atoms with Crippen LogP contribution in [0.1, 0.15) is 26.2 Å². The Hall–Kier alpha value is -1.49. The van der Waals surface area contributed by atoms with E-state index in [9.17, 15) is 9.18 Å². The largest absolute Gasteiger partial charge is 0.489 e. The van der Waals surface area contributed by atoms with Crippen molar-refractivity contribution in [1.82, 2.24) is 0 Å². The second kappa shape index (κ2) is 6.31. The van der Waals surface area contributed by atoms with Crippen LogP contribution < -0.4 is 10.1 Å². The number of halogens is 2. The molecule has 110 valence electrons. The highest BCUT2D eigenvalue weighted by molar-refractivity contribution is 6.32. The average molecular weight is 302 g/mol. The normalized spacial score (nSPS) is 21.6. The van der Waals surface area contributed by atoms with Crippen molar-refractivity contribution in [2.75, 3.05) is 12.4 Å². The first kappa shape index (κ1) is 14.9. The lowest BCUT2D eigenvalue weighted by Crippen LogP contribution is -2.14. The van der Waals surface area contributed by atoms with Crippen LogP contribution in [0, 0.1) is 11.7 Å². The van der Waals surface area contributed by atoms with E-state index in [0.29, 0.717) is 11.7 Å². The van der Waals surface area contributed by atoms with Crippen LogP contribution in [0.2, 0.25) is 5.02 Å². The Morgan fingerprint density at radius 3 is 2.80 bits per heavy atom. The first-order chi connectivity index (χ1) is 9.49. The lowest BCUT2D eigenvalue weighted by Gasteiger charge is -2.16. The minimum Gasteiger partial charge on any atom is -0.489 e. The maximum absolute atomic E-state index is 13.7. The number of carbonyl (C=O) groups is 1. The molecule has 20 heavy (non-hydrogen) atoms. The molecule has 0 aromatic heterocycles. The molecule has 1 amide bonds. The van der Waals surface area contributed by atoms with Gasteiger partial charge in [-0.25, -0.2) is 9.18 Å². The van der Waals surface area contributed by atoms with Crippen molar-refractivity contribution < 1.29 is 18.7 Å². The van der Waals surface area contributed by atoms with Crippen molar-refractivity contribution in [1.29, 1.82) is 0 Å². The Labute approximate surface area is 122 Å². The molecule has 1 saturated carbocycles. The minimum absolute atomic E-state index is 0.0118. The molecule has 1 N–H and O–H groups in total. The topological polar surface area (TPSA) is 47.6 Å². The van der Waals surface area contributed by atoms with Crippen LogP contribution in [0.4, 0.5) is 14.9 Å². The van der Waals surface area contributed by atoms with E-state index in [1.807, 2.05) is 0 Å². The fraction of sp³-hybridized carbons (Fsp3) is 0.500. The second-order valence-electron chi connectivity index (χ2n) is 5.04. The highest BCUT2D eigenvalue weighted by atomic mass is 35.5. The van der Waals surface area contributed by atoms with Crippen LogP contribution in [-0.2, 0) is 4.74 Å². The Bertz CT molecular complexity index is 509. The van der Waals surface area contributed by atoms with E-state index in [1.165, 1.54) is 13.2 Å².